The van der Waals surface area contributed by atoms with E-state index >= 15 is 0 Å². The highest BCUT2D eigenvalue weighted by molar-refractivity contribution is 5.92. The Hall–Kier alpha value is -2.27. The number of carbonyl (C=O) groups excluding carboxylic acids is 1. The first-order chi connectivity index (χ1) is 8.75. The first-order valence-corrected chi connectivity index (χ1v) is 5.59. The van der Waals surface area contributed by atoms with Gasteiger partial charge in [0.15, 0.2) is 0 Å². The van der Waals surface area contributed by atoms with Crippen LogP contribution in [0, 0.1) is 0 Å². The number of nitrogens with one attached hydrogen (secondary N) is 1. The van der Waals surface area contributed by atoms with Crippen LogP contribution in [-0.4, -0.2) is 15.9 Å². The first-order valence-electron chi connectivity index (χ1n) is 5.59. The lowest BCUT2D eigenvalue weighted by Gasteiger charge is -2.05. The molecule has 0 saturated carbocycles. The largest absolute Gasteiger partial charge is 0.366 e. The highest BCUT2D eigenvalue weighted by Gasteiger charge is 2.01. The molecule has 0 fully saturated rings. The normalized spacial score (nSPS) is 10.2. The second kappa shape index (κ2) is 5.88. The maximum atomic E-state index is 11.0. The van der Waals surface area contributed by atoms with Crippen LogP contribution in [0.2, 0.25) is 0 Å². The summed E-state index contributed by atoms with van der Waals surface area (Å²) in [7, 11) is 0. The van der Waals surface area contributed by atoms with Crippen molar-refractivity contribution in [3.05, 3.63) is 59.7 Å². The molecule has 2 aromatic rings. The first kappa shape index (κ1) is 12.2. The lowest BCUT2D eigenvalue weighted by Crippen LogP contribution is -2.15. The lowest BCUT2D eigenvalue weighted by atomic mass is 10.1. The summed E-state index contributed by atoms with van der Waals surface area (Å²) in [5.74, 6) is -0.409. The molecule has 2 rings (SSSR count). The zero-order valence-corrected chi connectivity index (χ0v) is 9.84. The second-order valence-corrected chi connectivity index (χ2v) is 3.91. The highest BCUT2D eigenvalue weighted by Crippen LogP contribution is 2.04. The average molecular weight is 242 g/mol. The number of amides is 1. The number of hydrogen-bond donors (Lipinski definition) is 2. The Morgan fingerprint density at radius 2 is 1.89 bits per heavy atom. The van der Waals surface area contributed by atoms with Crippen LogP contribution < -0.4 is 11.1 Å². The summed E-state index contributed by atoms with van der Waals surface area (Å²) in [6, 6.07) is 7.26. The number of nitrogens with two attached hydrogens (primary N) is 1. The fourth-order valence-corrected chi connectivity index (χ4v) is 1.61. The smallest absolute Gasteiger partial charge is 0.248 e. The number of nitrogens with zero attached hydrogens (tertiary/aromatic N) is 2. The van der Waals surface area contributed by atoms with Gasteiger partial charge >= 0.3 is 0 Å². The maximum Gasteiger partial charge on any atom is 0.248 e. The number of aromatic nitrogens is 2. The number of rotatable bonds is 5. The summed E-state index contributed by atoms with van der Waals surface area (Å²) >= 11 is 0. The predicted molar refractivity (Wildman–Crippen MR) is 67.5 cm³/mol. The Labute approximate surface area is 105 Å². The lowest BCUT2D eigenvalue weighted by molar-refractivity contribution is 0.1000. The fourth-order valence-electron chi connectivity index (χ4n) is 1.61. The molecule has 0 radical (unpaired) electrons. The molecule has 1 aromatic heterocycles. The van der Waals surface area contributed by atoms with Crippen molar-refractivity contribution in [3.8, 4) is 0 Å². The molecule has 0 unspecified atom stereocenters. The van der Waals surface area contributed by atoms with Crippen molar-refractivity contribution in [2.24, 2.45) is 5.73 Å². The molecule has 1 amide bonds. The quantitative estimate of drug-likeness (QED) is 0.815. The molecular formula is C13H14N4O. The van der Waals surface area contributed by atoms with E-state index < -0.39 is 5.91 Å². The third-order valence-electron chi connectivity index (χ3n) is 2.48. The Morgan fingerprint density at radius 3 is 2.61 bits per heavy atom. The Kier molecular flexibility index (Phi) is 3.98. The molecular weight excluding hydrogens is 228 g/mol. The van der Waals surface area contributed by atoms with Crippen LogP contribution in [0.1, 0.15) is 21.5 Å². The highest BCUT2D eigenvalue weighted by atomic mass is 16.1. The Balaban J connectivity index is 1.90. The van der Waals surface area contributed by atoms with E-state index in [0.29, 0.717) is 18.7 Å². The third-order valence-corrected chi connectivity index (χ3v) is 2.48. The van der Waals surface area contributed by atoms with Crippen molar-refractivity contribution in [2.75, 3.05) is 0 Å². The summed E-state index contributed by atoms with van der Waals surface area (Å²) < 4.78 is 0. The third kappa shape index (κ3) is 3.36. The van der Waals surface area contributed by atoms with Crippen LogP contribution in [-0.2, 0) is 13.1 Å². The van der Waals surface area contributed by atoms with E-state index in [9.17, 15) is 4.79 Å². The van der Waals surface area contributed by atoms with Gasteiger partial charge in [-0.25, -0.2) is 9.97 Å². The molecule has 0 bridgehead atoms. The van der Waals surface area contributed by atoms with Crippen LogP contribution in [0.25, 0.3) is 0 Å². The van der Waals surface area contributed by atoms with E-state index in [4.69, 9.17) is 5.73 Å². The minimum Gasteiger partial charge on any atom is -0.366 e. The van der Waals surface area contributed by atoms with Crippen LogP contribution in [0.5, 0.6) is 0 Å². The van der Waals surface area contributed by atoms with Gasteiger partial charge in [0.1, 0.15) is 6.33 Å². The van der Waals surface area contributed by atoms with Crippen LogP contribution in [0.4, 0.5) is 0 Å². The van der Waals surface area contributed by atoms with Crippen molar-refractivity contribution in [1.82, 2.24) is 15.3 Å². The molecule has 1 heterocycles. The molecule has 18 heavy (non-hydrogen) atoms. The molecule has 5 heteroatoms. The Bertz CT molecular complexity index is 528. The monoisotopic (exact) mass is 242 g/mol. The minimum atomic E-state index is -0.409. The van der Waals surface area contributed by atoms with E-state index in [-0.39, 0.29) is 0 Å². The molecule has 92 valence electrons. The summed E-state index contributed by atoms with van der Waals surface area (Å²) in [5.41, 5.74) is 7.79. The molecule has 0 spiro atoms. The summed E-state index contributed by atoms with van der Waals surface area (Å²) in [5, 5.41) is 3.25. The van der Waals surface area contributed by atoms with Gasteiger partial charge in [0, 0.05) is 36.6 Å². The van der Waals surface area contributed by atoms with E-state index in [1.807, 2.05) is 12.1 Å². The number of hydrogen-bond acceptors (Lipinski definition) is 4. The molecule has 1 aromatic carbocycles. The fraction of sp³-hybridized carbons (Fsp3) is 0.154. The van der Waals surface area contributed by atoms with Gasteiger partial charge in [-0.05, 0) is 17.7 Å². The zero-order valence-electron chi connectivity index (χ0n) is 9.84. The average Bonchev–Trinajstić information content (AvgIpc) is 2.40. The van der Waals surface area contributed by atoms with Crippen LogP contribution in [0.3, 0.4) is 0 Å². The number of carbonyl (C=O) groups is 1. The molecule has 0 atom stereocenters. The molecule has 0 aliphatic rings. The van der Waals surface area contributed by atoms with Crippen molar-refractivity contribution in [1.29, 1.82) is 0 Å². The van der Waals surface area contributed by atoms with E-state index in [2.05, 4.69) is 15.3 Å². The van der Waals surface area contributed by atoms with Crippen LogP contribution >= 0.6 is 0 Å². The van der Waals surface area contributed by atoms with Gasteiger partial charge in [-0.1, -0.05) is 12.1 Å². The van der Waals surface area contributed by atoms with E-state index in [0.717, 1.165) is 11.1 Å². The standard InChI is InChI=1S/C13H14N4O/c14-13(18)12-3-1-2-10(4-12)5-15-6-11-7-16-9-17-8-11/h1-4,7-9,15H,5-6H2,(H2,14,18). The number of benzene rings is 1. The molecule has 0 aliphatic carbocycles. The molecule has 0 saturated heterocycles. The van der Waals surface area contributed by atoms with E-state index in [1.54, 1.807) is 24.5 Å². The van der Waals surface area contributed by atoms with Gasteiger partial charge in [0.05, 0.1) is 0 Å². The van der Waals surface area contributed by atoms with Crippen LogP contribution in [0.15, 0.2) is 43.0 Å². The van der Waals surface area contributed by atoms with Gasteiger partial charge in [-0.3, -0.25) is 4.79 Å². The zero-order chi connectivity index (χ0) is 12.8. The molecule has 5 nitrogen and oxygen atoms in total. The summed E-state index contributed by atoms with van der Waals surface area (Å²) in [6.07, 6.45) is 5.03. The van der Waals surface area contributed by atoms with Gasteiger partial charge in [-0.2, -0.15) is 0 Å². The summed E-state index contributed by atoms with van der Waals surface area (Å²) in [4.78, 5) is 18.9. The molecule has 3 N–H and O–H groups in total. The van der Waals surface area contributed by atoms with Gasteiger partial charge < -0.3 is 11.1 Å². The van der Waals surface area contributed by atoms with Crippen molar-refractivity contribution in [2.45, 2.75) is 13.1 Å². The Morgan fingerprint density at radius 1 is 1.17 bits per heavy atom. The second-order valence-electron chi connectivity index (χ2n) is 3.91. The SMILES string of the molecule is NC(=O)c1cccc(CNCc2cncnc2)c1. The van der Waals surface area contributed by atoms with Crippen molar-refractivity contribution in [3.63, 3.8) is 0 Å². The minimum absolute atomic E-state index is 0.409. The maximum absolute atomic E-state index is 11.0. The van der Waals surface area contributed by atoms with Gasteiger partial charge in [0.2, 0.25) is 5.91 Å². The summed E-state index contributed by atoms with van der Waals surface area (Å²) in [6.45, 7) is 1.34. The predicted octanol–water partition coefficient (Wildman–Crippen LogP) is 0.865. The van der Waals surface area contributed by atoms with Crippen molar-refractivity contribution >= 4 is 5.91 Å². The van der Waals surface area contributed by atoms with E-state index in [1.165, 1.54) is 6.33 Å². The molecule has 0 aliphatic heterocycles. The number of primary amides is 1. The van der Waals surface area contributed by atoms with Crippen molar-refractivity contribution < 1.29 is 4.79 Å². The van der Waals surface area contributed by atoms with Gasteiger partial charge in [-0.15, -0.1) is 0 Å². The topological polar surface area (TPSA) is 80.9 Å². The van der Waals surface area contributed by atoms with Gasteiger partial charge in [0.25, 0.3) is 0 Å².